The summed E-state index contributed by atoms with van der Waals surface area (Å²) < 4.78 is 41.6. The topological polar surface area (TPSA) is 78.5 Å². The van der Waals surface area contributed by atoms with Crippen molar-refractivity contribution in [3.05, 3.63) is 34.9 Å². The van der Waals surface area contributed by atoms with Gasteiger partial charge in [-0.2, -0.15) is 13.2 Å². The van der Waals surface area contributed by atoms with E-state index in [-0.39, 0.29) is 5.02 Å². The van der Waals surface area contributed by atoms with Crippen LogP contribution in [0.3, 0.4) is 0 Å². The van der Waals surface area contributed by atoms with Gasteiger partial charge in [0.05, 0.1) is 6.54 Å². The normalized spacial score (nSPS) is 23.6. The third kappa shape index (κ3) is 3.67. The molecule has 1 unspecified atom stereocenters. The molecule has 2 N–H and O–H groups in total. The van der Waals surface area contributed by atoms with Gasteiger partial charge in [-0.15, -0.1) is 0 Å². The lowest BCUT2D eigenvalue weighted by Crippen LogP contribution is -2.70. The van der Waals surface area contributed by atoms with E-state index in [1.807, 2.05) is 0 Å². The number of carbonyl (C=O) groups excluding carboxylic acids is 3. The molecule has 1 aliphatic carbocycles. The fourth-order valence-corrected chi connectivity index (χ4v) is 3.71. The lowest BCUT2D eigenvalue weighted by Gasteiger charge is -2.32. The van der Waals surface area contributed by atoms with Gasteiger partial charge < -0.3 is 5.32 Å². The first kappa shape index (κ1) is 20.4. The number of rotatable bonds is 4. The number of halogens is 4. The Kier molecular flexibility index (Phi) is 5.56. The molecule has 3 rings (SSSR count). The number of alkyl halides is 3. The Labute approximate surface area is 164 Å². The van der Waals surface area contributed by atoms with Gasteiger partial charge in [0.1, 0.15) is 0 Å². The molecule has 152 valence electrons. The van der Waals surface area contributed by atoms with Crippen LogP contribution in [-0.4, -0.2) is 34.6 Å². The van der Waals surface area contributed by atoms with Gasteiger partial charge in [0, 0.05) is 10.9 Å². The van der Waals surface area contributed by atoms with Crippen LogP contribution in [0.4, 0.5) is 18.0 Å². The van der Waals surface area contributed by atoms with Crippen molar-refractivity contribution in [1.29, 1.82) is 0 Å². The number of amides is 4. The monoisotopic (exact) mass is 417 g/mol. The van der Waals surface area contributed by atoms with E-state index in [2.05, 4.69) is 0 Å². The fourth-order valence-electron chi connectivity index (χ4n) is 3.52. The highest BCUT2D eigenvalue weighted by Crippen LogP contribution is 2.36. The summed E-state index contributed by atoms with van der Waals surface area (Å²) in [4.78, 5) is 37.7. The van der Waals surface area contributed by atoms with Crippen LogP contribution in [0.15, 0.2) is 24.3 Å². The summed E-state index contributed by atoms with van der Waals surface area (Å²) in [5.41, 5.74) is -3.16. The molecule has 28 heavy (non-hydrogen) atoms. The summed E-state index contributed by atoms with van der Waals surface area (Å²) in [6.07, 6.45) is -1.93. The second-order valence-electron chi connectivity index (χ2n) is 6.98. The van der Waals surface area contributed by atoms with Gasteiger partial charge in [-0.05, 0) is 24.5 Å². The summed E-state index contributed by atoms with van der Waals surface area (Å²) >= 11 is 5.98. The van der Waals surface area contributed by atoms with Gasteiger partial charge in [0.15, 0.2) is 0 Å². The van der Waals surface area contributed by atoms with Gasteiger partial charge in [-0.25, -0.2) is 4.79 Å². The second-order valence-corrected chi connectivity index (χ2v) is 7.39. The minimum atomic E-state index is -5.21. The summed E-state index contributed by atoms with van der Waals surface area (Å²) in [7, 11) is 0. The van der Waals surface area contributed by atoms with Crippen LogP contribution in [-0.2, 0) is 16.1 Å². The highest BCUT2D eigenvalue weighted by atomic mass is 35.5. The zero-order valence-electron chi connectivity index (χ0n) is 14.8. The molecule has 1 atom stereocenters. The van der Waals surface area contributed by atoms with E-state index in [1.165, 1.54) is 12.1 Å². The van der Waals surface area contributed by atoms with E-state index in [1.54, 1.807) is 22.8 Å². The molecule has 0 aromatic heterocycles. The molecule has 0 bridgehead atoms. The van der Waals surface area contributed by atoms with Crippen LogP contribution in [0.5, 0.6) is 0 Å². The van der Waals surface area contributed by atoms with Crippen molar-refractivity contribution in [2.24, 2.45) is 5.92 Å². The number of hydrogen-bond donors (Lipinski definition) is 2. The Morgan fingerprint density at radius 2 is 1.86 bits per heavy atom. The van der Waals surface area contributed by atoms with Gasteiger partial charge in [-0.3, -0.25) is 19.8 Å². The number of hydrogen-bond acceptors (Lipinski definition) is 3. The molecule has 2 fully saturated rings. The molecule has 0 spiro atoms. The largest absolute Gasteiger partial charge is 0.440 e. The summed E-state index contributed by atoms with van der Waals surface area (Å²) in [5.74, 6) is -3.07. The molecular formula is C18H19ClF3N3O3. The maximum Gasteiger partial charge on any atom is 0.440 e. The first-order chi connectivity index (χ1) is 13.2. The molecule has 1 aromatic carbocycles. The molecule has 0 radical (unpaired) electrons. The first-order valence-corrected chi connectivity index (χ1v) is 9.30. The molecule has 1 saturated carbocycles. The minimum Gasteiger partial charge on any atom is -0.318 e. The Balaban J connectivity index is 1.87. The van der Waals surface area contributed by atoms with Crippen LogP contribution < -0.4 is 10.6 Å². The van der Waals surface area contributed by atoms with E-state index in [9.17, 15) is 27.6 Å². The van der Waals surface area contributed by atoms with Crippen molar-refractivity contribution in [3.8, 4) is 0 Å². The zero-order chi connectivity index (χ0) is 20.5. The van der Waals surface area contributed by atoms with E-state index >= 15 is 0 Å². The molecule has 1 saturated heterocycles. The molecule has 4 amide bonds. The highest BCUT2D eigenvalue weighted by molar-refractivity contribution is 6.31. The van der Waals surface area contributed by atoms with Crippen LogP contribution in [0.1, 0.15) is 37.7 Å². The third-order valence-corrected chi connectivity index (χ3v) is 5.47. The minimum absolute atomic E-state index is 0.207. The van der Waals surface area contributed by atoms with Crippen LogP contribution >= 0.6 is 11.6 Å². The summed E-state index contributed by atoms with van der Waals surface area (Å²) in [5, 5.41) is 3.65. The molecule has 6 nitrogen and oxygen atoms in total. The number of urea groups is 1. The molecule has 1 aromatic rings. The number of benzene rings is 1. The predicted octanol–water partition coefficient (Wildman–Crippen LogP) is 3.35. The van der Waals surface area contributed by atoms with Crippen molar-refractivity contribution in [2.45, 2.75) is 50.5 Å². The lowest BCUT2D eigenvalue weighted by molar-refractivity contribution is -0.205. The number of nitrogens with zero attached hydrogens (tertiary/aromatic N) is 1. The second kappa shape index (κ2) is 7.62. The maximum atomic E-state index is 13.9. The Morgan fingerprint density at radius 1 is 1.21 bits per heavy atom. The average Bonchev–Trinajstić information content (AvgIpc) is 2.89. The Hall–Kier alpha value is -2.29. The van der Waals surface area contributed by atoms with E-state index < -0.39 is 42.1 Å². The van der Waals surface area contributed by atoms with Crippen LogP contribution in [0, 0.1) is 5.92 Å². The van der Waals surface area contributed by atoms with Crippen molar-refractivity contribution in [1.82, 2.24) is 15.5 Å². The van der Waals surface area contributed by atoms with Crippen molar-refractivity contribution in [3.63, 3.8) is 0 Å². The number of nitrogens with one attached hydrogen (secondary N) is 2. The van der Waals surface area contributed by atoms with Crippen LogP contribution in [0.2, 0.25) is 5.02 Å². The quantitative estimate of drug-likeness (QED) is 0.737. The SMILES string of the molecule is O=C(NC1(C(F)(F)F)NC(=O)N(Cc2ccccc2Cl)C1=O)C1CCCCC1. The molecule has 1 aliphatic heterocycles. The van der Waals surface area contributed by atoms with Gasteiger partial charge in [0.25, 0.3) is 11.6 Å². The molecule has 1 heterocycles. The number of carbonyl (C=O) groups is 3. The van der Waals surface area contributed by atoms with E-state index in [0.29, 0.717) is 23.3 Å². The van der Waals surface area contributed by atoms with Gasteiger partial charge >= 0.3 is 12.2 Å². The van der Waals surface area contributed by atoms with Crippen LogP contribution in [0.25, 0.3) is 0 Å². The Morgan fingerprint density at radius 3 is 2.46 bits per heavy atom. The molecular weight excluding hydrogens is 399 g/mol. The highest BCUT2D eigenvalue weighted by Gasteiger charge is 2.69. The van der Waals surface area contributed by atoms with E-state index in [0.717, 1.165) is 19.3 Å². The van der Waals surface area contributed by atoms with Crippen molar-refractivity contribution in [2.75, 3.05) is 0 Å². The summed E-state index contributed by atoms with van der Waals surface area (Å²) in [6.45, 7) is -0.443. The standard InChI is InChI=1S/C18H19ClF3N3O3/c19-13-9-5-4-8-12(13)10-25-15(27)17(18(20,21)22,24-16(25)28)23-14(26)11-6-2-1-3-7-11/h4-5,8-9,11H,1-3,6-7,10H2,(H,23,26)(H,24,28). The zero-order valence-corrected chi connectivity index (χ0v) is 15.6. The third-order valence-electron chi connectivity index (χ3n) is 5.10. The molecule has 10 heteroatoms. The summed E-state index contributed by atoms with van der Waals surface area (Å²) in [6, 6.07) is 4.95. The fraction of sp³-hybridized carbons (Fsp3) is 0.500. The first-order valence-electron chi connectivity index (χ1n) is 8.92. The molecule has 2 aliphatic rings. The lowest BCUT2D eigenvalue weighted by atomic mass is 9.88. The van der Waals surface area contributed by atoms with Crippen molar-refractivity contribution >= 4 is 29.4 Å². The Bertz CT molecular complexity index is 796. The predicted molar refractivity (Wildman–Crippen MR) is 94.0 cm³/mol. The van der Waals surface area contributed by atoms with Gasteiger partial charge in [0.2, 0.25) is 5.91 Å². The van der Waals surface area contributed by atoms with Gasteiger partial charge in [-0.1, -0.05) is 49.1 Å². The average molecular weight is 418 g/mol. The number of imide groups is 1. The van der Waals surface area contributed by atoms with Crippen molar-refractivity contribution < 1.29 is 27.6 Å². The smallest absolute Gasteiger partial charge is 0.318 e. The maximum absolute atomic E-state index is 13.9. The van der Waals surface area contributed by atoms with E-state index in [4.69, 9.17) is 11.6 Å².